The van der Waals surface area contributed by atoms with E-state index in [0.717, 1.165) is 17.7 Å². The first-order valence-corrected chi connectivity index (χ1v) is 10.7. The lowest BCUT2D eigenvalue weighted by atomic mass is 9.95. The van der Waals surface area contributed by atoms with Gasteiger partial charge < -0.3 is 11.1 Å². The van der Waals surface area contributed by atoms with Gasteiger partial charge in [-0.2, -0.15) is 28.2 Å². The molecule has 0 bridgehead atoms. The molecule has 2 aromatic carbocycles. The molecule has 2 aromatic heterocycles. The fourth-order valence-electron chi connectivity index (χ4n) is 3.56. The highest BCUT2D eigenvalue weighted by Gasteiger charge is 2.31. The van der Waals surface area contributed by atoms with Crippen molar-refractivity contribution in [3.63, 3.8) is 0 Å². The molecule has 0 aliphatic rings. The molecule has 0 unspecified atom stereocenters. The molecular formula is C24H22F3N7O. The van der Waals surface area contributed by atoms with Crippen LogP contribution >= 0.6 is 0 Å². The van der Waals surface area contributed by atoms with Crippen LogP contribution in [-0.4, -0.2) is 30.9 Å². The number of rotatable bonds is 6. The average Bonchev–Trinajstić information content (AvgIpc) is 3.29. The largest absolute Gasteiger partial charge is 0.416 e. The minimum atomic E-state index is -4.45. The molecule has 1 amide bonds. The molecule has 0 aliphatic heterocycles. The SMILES string of the molecule is C[C@@H](NC(=O)c1ccnc(-c2cnn(C)n2)n1)c1ccc(-c2cc(C(F)(F)F)ccc2CN)cc1. The van der Waals surface area contributed by atoms with Crippen molar-refractivity contribution in [3.8, 4) is 22.6 Å². The Bertz CT molecular complexity index is 1350. The number of nitrogens with two attached hydrogens (primary N) is 1. The molecule has 11 heteroatoms. The molecule has 4 aromatic rings. The van der Waals surface area contributed by atoms with E-state index >= 15 is 0 Å². The summed E-state index contributed by atoms with van der Waals surface area (Å²) in [6.07, 6.45) is -1.48. The van der Waals surface area contributed by atoms with Crippen molar-refractivity contribution < 1.29 is 18.0 Å². The Balaban J connectivity index is 1.51. The summed E-state index contributed by atoms with van der Waals surface area (Å²) in [5, 5.41) is 11.0. The number of amides is 1. The number of benzene rings is 2. The fraction of sp³-hybridized carbons (Fsp3) is 0.208. The van der Waals surface area contributed by atoms with E-state index in [2.05, 4.69) is 25.5 Å². The van der Waals surface area contributed by atoms with Crippen molar-refractivity contribution >= 4 is 5.91 Å². The van der Waals surface area contributed by atoms with Gasteiger partial charge in [-0.3, -0.25) is 4.79 Å². The van der Waals surface area contributed by atoms with Crippen molar-refractivity contribution in [3.05, 3.63) is 83.3 Å². The van der Waals surface area contributed by atoms with Crippen LogP contribution in [0.25, 0.3) is 22.6 Å². The molecular weight excluding hydrogens is 459 g/mol. The Labute approximate surface area is 199 Å². The summed E-state index contributed by atoms with van der Waals surface area (Å²) < 4.78 is 39.6. The second-order valence-corrected chi connectivity index (χ2v) is 7.88. The first-order chi connectivity index (χ1) is 16.7. The van der Waals surface area contributed by atoms with Gasteiger partial charge in [0.05, 0.1) is 17.8 Å². The quantitative estimate of drug-likeness (QED) is 0.432. The first kappa shape index (κ1) is 24.0. The standard InChI is InChI=1S/C24H22F3N7O/c1-14(31-23(35)20-9-10-29-22(32-20)21-13-30-34(2)33-21)15-3-5-16(6-4-15)19-11-18(24(25,26)27)8-7-17(19)12-28/h3-11,13-14H,12,28H2,1-2H3,(H,31,35)/t14-/m1/s1. The van der Waals surface area contributed by atoms with E-state index in [1.807, 2.05) is 0 Å². The van der Waals surface area contributed by atoms with Crippen LogP contribution in [0.4, 0.5) is 13.2 Å². The molecule has 3 N–H and O–H groups in total. The molecule has 2 heterocycles. The smallest absolute Gasteiger partial charge is 0.344 e. The third-order valence-corrected chi connectivity index (χ3v) is 5.44. The van der Waals surface area contributed by atoms with E-state index in [0.29, 0.717) is 22.4 Å². The van der Waals surface area contributed by atoms with Gasteiger partial charge in [-0.05, 0) is 47.4 Å². The van der Waals surface area contributed by atoms with Crippen LogP contribution in [0.1, 0.15) is 40.1 Å². The van der Waals surface area contributed by atoms with Crippen molar-refractivity contribution in [2.45, 2.75) is 25.7 Å². The number of hydrogen-bond donors (Lipinski definition) is 2. The predicted molar refractivity (Wildman–Crippen MR) is 123 cm³/mol. The predicted octanol–water partition coefficient (Wildman–Crippen LogP) is 3.91. The van der Waals surface area contributed by atoms with Gasteiger partial charge >= 0.3 is 6.18 Å². The van der Waals surface area contributed by atoms with Crippen LogP contribution in [0.3, 0.4) is 0 Å². The molecule has 0 saturated heterocycles. The van der Waals surface area contributed by atoms with E-state index in [-0.39, 0.29) is 24.1 Å². The fourth-order valence-corrected chi connectivity index (χ4v) is 3.56. The molecule has 180 valence electrons. The van der Waals surface area contributed by atoms with Crippen LogP contribution in [-0.2, 0) is 19.8 Å². The summed E-state index contributed by atoms with van der Waals surface area (Å²) in [5.41, 5.74) is 8.01. The minimum Gasteiger partial charge on any atom is -0.344 e. The molecule has 4 rings (SSSR count). The Kier molecular flexibility index (Phi) is 6.61. The van der Waals surface area contributed by atoms with Crippen molar-refractivity contribution in [1.82, 2.24) is 30.3 Å². The van der Waals surface area contributed by atoms with E-state index in [1.165, 1.54) is 29.3 Å². The summed E-state index contributed by atoms with van der Waals surface area (Å²) in [4.78, 5) is 22.5. The Morgan fingerprint density at radius 1 is 1.14 bits per heavy atom. The lowest BCUT2D eigenvalue weighted by molar-refractivity contribution is -0.137. The molecule has 35 heavy (non-hydrogen) atoms. The van der Waals surface area contributed by atoms with Gasteiger partial charge in [0.15, 0.2) is 5.82 Å². The van der Waals surface area contributed by atoms with Crippen LogP contribution in [0.5, 0.6) is 0 Å². The number of halogens is 3. The molecule has 1 atom stereocenters. The second-order valence-electron chi connectivity index (χ2n) is 7.88. The third kappa shape index (κ3) is 5.35. The van der Waals surface area contributed by atoms with Gasteiger partial charge in [0.25, 0.3) is 5.91 Å². The molecule has 0 aliphatic carbocycles. The van der Waals surface area contributed by atoms with Crippen LogP contribution in [0.15, 0.2) is 60.9 Å². The van der Waals surface area contributed by atoms with Gasteiger partial charge in [0.2, 0.25) is 0 Å². The van der Waals surface area contributed by atoms with Gasteiger partial charge in [-0.1, -0.05) is 30.3 Å². The highest BCUT2D eigenvalue weighted by atomic mass is 19.4. The number of carbonyl (C=O) groups excluding carboxylic acids is 1. The zero-order chi connectivity index (χ0) is 25.2. The van der Waals surface area contributed by atoms with Gasteiger partial charge in [0, 0.05) is 19.8 Å². The molecule has 0 saturated carbocycles. The number of aromatic nitrogens is 5. The Morgan fingerprint density at radius 3 is 2.51 bits per heavy atom. The maximum Gasteiger partial charge on any atom is 0.416 e. The molecule has 8 nitrogen and oxygen atoms in total. The van der Waals surface area contributed by atoms with Crippen LogP contribution in [0, 0.1) is 0 Å². The zero-order valence-electron chi connectivity index (χ0n) is 18.9. The molecule has 0 fully saturated rings. The average molecular weight is 481 g/mol. The molecule has 0 spiro atoms. The minimum absolute atomic E-state index is 0.108. The number of aryl methyl sites for hydroxylation is 1. The number of alkyl halides is 3. The van der Waals surface area contributed by atoms with E-state index < -0.39 is 17.6 Å². The third-order valence-electron chi connectivity index (χ3n) is 5.44. The number of nitrogens with zero attached hydrogens (tertiary/aromatic N) is 5. The normalized spacial score (nSPS) is 12.4. The van der Waals surface area contributed by atoms with E-state index in [1.54, 1.807) is 38.2 Å². The Hall–Kier alpha value is -4.12. The number of carbonyl (C=O) groups is 1. The maximum absolute atomic E-state index is 13.2. The highest BCUT2D eigenvalue weighted by molar-refractivity contribution is 5.92. The summed E-state index contributed by atoms with van der Waals surface area (Å²) in [7, 11) is 1.66. The van der Waals surface area contributed by atoms with Gasteiger partial charge in [-0.25, -0.2) is 9.97 Å². The van der Waals surface area contributed by atoms with Crippen molar-refractivity contribution in [2.24, 2.45) is 12.8 Å². The van der Waals surface area contributed by atoms with Crippen molar-refractivity contribution in [2.75, 3.05) is 0 Å². The Morgan fingerprint density at radius 2 is 1.89 bits per heavy atom. The summed E-state index contributed by atoms with van der Waals surface area (Å²) in [5.74, 6) is -0.128. The highest BCUT2D eigenvalue weighted by Crippen LogP contribution is 2.34. The van der Waals surface area contributed by atoms with Gasteiger partial charge in [-0.15, -0.1) is 0 Å². The second kappa shape index (κ2) is 9.63. The van der Waals surface area contributed by atoms with Crippen LogP contribution in [0.2, 0.25) is 0 Å². The summed E-state index contributed by atoms with van der Waals surface area (Å²) >= 11 is 0. The summed E-state index contributed by atoms with van der Waals surface area (Å²) in [6, 6.07) is 11.6. The van der Waals surface area contributed by atoms with E-state index in [9.17, 15) is 18.0 Å². The monoisotopic (exact) mass is 481 g/mol. The lowest BCUT2D eigenvalue weighted by Gasteiger charge is -2.16. The lowest BCUT2D eigenvalue weighted by Crippen LogP contribution is -2.27. The van der Waals surface area contributed by atoms with Gasteiger partial charge in [0.1, 0.15) is 11.4 Å². The zero-order valence-corrected chi connectivity index (χ0v) is 18.9. The topological polar surface area (TPSA) is 112 Å². The van der Waals surface area contributed by atoms with Crippen LogP contribution < -0.4 is 11.1 Å². The number of hydrogen-bond acceptors (Lipinski definition) is 6. The summed E-state index contributed by atoms with van der Waals surface area (Å²) in [6.45, 7) is 1.91. The van der Waals surface area contributed by atoms with E-state index in [4.69, 9.17) is 5.73 Å². The number of nitrogens with one attached hydrogen (secondary N) is 1. The molecule has 0 radical (unpaired) electrons. The first-order valence-electron chi connectivity index (χ1n) is 10.7. The van der Waals surface area contributed by atoms with Crippen molar-refractivity contribution in [1.29, 1.82) is 0 Å². The maximum atomic E-state index is 13.2.